The molecule has 2 N–H and O–H groups in total. The lowest BCUT2D eigenvalue weighted by Gasteiger charge is -2.09. The van der Waals surface area contributed by atoms with Crippen LogP contribution in [0, 0.1) is 18.8 Å². The number of hydrogen-bond acceptors (Lipinski definition) is 5. The topological polar surface area (TPSA) is 93.5 Å². The fourth-order valence-corrected chi connectivity index (χ4v) is 2.58. The summed E-state index contributed by atoms with van der Waals surface area (Å²) in [7, 11) is 1.59. The first-order valence-electron chi connectivity index (χ1n) is 7.72. The normalized spacial score (nSPS) is 18.8. The van der Waals surface area contributed by atoms with Crippen molar-refractivity contribution in [2.75, 3.05) is 12.4 Å². The highest BCUT2D eigenvalue weighted by Crippen LogP contribution is 2.39. The van der Waals surface area contributed by atoms with Gasteiger partial charge in [0, 0.05) is 18.2 Å². The van der Waals surface area contributed by atoms with E-state index in [4.69, 9.17) is 9.26 Å². The Morgan fingerprint density at radius 2 is 2.04 bits per heavy atom. The highest BCUT2D eigenvalue weighted by atomic mass is 16.5. The van der Waals surface area contributed by atoms with Gasteiger partial charge in [-0.1, -0.05) is 23.4 Å². The molecule has 2 atom stereocenters. The van der Waals surface area contributed by atoms with Crippen molar-refractivity contribution < 1.29 is 18.8 Å². The fraction of sp³-hybridized carbons (Fsp3) is 0.353. The van der Waals surface area contributed by atoms with Gasteiger partial charge in [-0.25, -0.2) is 0 Å². The van der Waals surface area contributed by atoms with E-state index in [9.17, 15) is 9.59 Å². The highest BCUT2D eigenvalue weighted by molar-refractivity contribution is 5.99. The first-order chi connectivity index (χ1) is 11.6. The van der Waals surface area contributed by atoms with E-state index in [0.29, 0.717) is 24.5 Å². The predicted octanol–water partition coefficient (Wildman–Crippen LogP) is 1.88. The van der Waals surface area contributed by atoms with Crippen LogP contribution in [-0.2, 0) is 16.1 Å². The van der Waals surface area contributed by atoms with Gasteiger partial charge >= 0.3 is 0 Å². The molecule has 1 aromatic carbocycles. The van der Waals surface area contributed by atoms with Crippen molar-refractivity contribution in [1.82, 2.24) is 10.5 Å². The number of amides is 2. The van der Waals surface area contributed by atoms with Crippen LogP contribution in [0.4, 0.5) is 5.82 Å². The van der Waals surface area contributed by atoms with Gasteiger partial charge in [-0.05, 0) is 19.4 Å². The molecule has 2 aromatic rings. The molecule has 0 aliphatic heterocycles. The van der Waals surface area contributed by atoms with Crippen LogP contribution in [0.2, 0.25) is 0 Å². The molecule has 1 aliphatic rings. The summed E-state index contributed by atoms with van der Waals surface area (Å²) >= 11 is 0. The number of methoxy groups -OCH3 is 1. The van der Waals surface area contributed by atoms with Crippen LogP contribution in [0.1, 0.15) is 17.7 Å². The third-order valence-corrected chi connectivity index (χ3v) is 3.99. The highest BCUT2D eigenvalue weighted by Gasteiger charge is 2.48. The number of aryl methyl sites for hydroxylation is 1. The Bertz CT molecular complexity index is 756. The van der Waals surface area contributed by atoms with Gasteiger partial charge in [0.2, 0.25) is 11.8 Å². The second-order valence-corrected chi connectivity index (χ2v) is 5.79. The van der Waals surface area contributed by atoms with Gasteiger partial charge in [-0.2, -0.15) is 0 Å². The molecule has 7 nitrogen and oxygen atoms in total. The zero-order chi connectivity index (χ0) is 17.1. The van der Waals surface area contributed by atoms with Gasteiger partial charge in [0.15, 0.2) is 5.82 Å². The SMILES string of the molecule is COc1ccccc1CNC(=O)C1CC1C(=O)Nc1cc(C)on1. The average Bonchev–Trinajstić information content (AvgIpc) is 3.30. The molecule has 0 spiro atoms. The number of anilines is 1. The number of hydrogen-bond donors (Lipinski definition) is 2. The van der Waals surface area contributed by atoms with Gasteiger partial charge in [0.25, 0.3) is 0 Å². The third kappa shape index (κ3) is 3.56. The second kappa shape index (κ2) is 6.74. The molecule has 2 amide bonds. The standard InChI is InChI=1S/C17H19N3O4/c1-10-7-15(20-24-10)19-17(22)13-8-12(13)16(21)18-9-11-5-3-4-6-14(11)23-2/h3-7,12-13H,8-9H2,1-2H3,(H,18,21)(H,19,20,22). The predicted molar refractivity (Wildman–Crippen MR) is 86.3 cm³/mol. The second-order valence-electron chi connectivity index (χ2n) is 5.79. The van der Waals surface area contributed by atoms with Crippen molar-refractivity contribution in [3.05, 3.63) is 41.7 Å². The van der Waals surface area contributed by atoms with Crippen LogP contribution in [-0.4, -0.2) is 24.1 Å². The van der Waals surface area contributed by atoms with E-state index in [2.05, 4.69) is 15.8 Å². The Kier molecular flexibility index (Phi) is 4.50. The minimum absolute atomic E-state index is 0.127. The van der Waals surface area contributed by atoms with Crippen LogP contribution in [0.25, 0.3) is 0 Å². The molecule has 0 radical (unpaired) electrons. The average molecular weight is 329 g/mol. The number of carbonyl (C=O) groups is 2. The molecule has 126 valence electrons. The molecule has 0 saturated heterocycles. The van der Waals surface area contributed by atoms with E-state index < -0.39 is 0 Å². The van der Waals surface area contributed by atoms with E-state index in [1.165, 1.54) is 0 Å². The van der Waals surface area contributed by atoms with Crippen molar-refractivity contribution in [2.45, 2.75) is 19.9 Å². The zero-order valence-corrected chi connectivity index (χ0v) is 13.5. The van der Waals surface area contributed by atoms with Gasteiger partial charge < -0.3 is 19.9 Å². The summed E-state index contributed by atoms with van der Waals surface area (Å²) in [5.41, 5.74) is 0.896. The molecule has 3 rings (SSSR count). The summed E-state index contributed by atoms with van der Waals surface area (Å²) in [6.45, 7) is 2.12. The van der Waals surface area contributed by atoms with Crippen LogP contribution >= 0.6 is 0 Å². The van der Waals surface area contributed by atoms with E-state index in [-0.39, 0.29) is 23.7 Å². The molecule has 2 unspecified atom stereocenters. The van der Waals surface area contributed by atoms with E-state index in [0.717, 1.165) is 11.3 Å². The minimum atomic E-state index is -0.320. The molecule has 1 aliphatic carbocycles. The third-order valence-electron chi connectivity index (χ3n) is 3.99. The summed E-state index contributed by atoms with van der Waals surface area (Å²) < 4.78 is 10.1. The van der Waals surface area contributed by atoms with Crippen molar-refractivity contribution >= 4 is 17.6 Å². The van der Waals surface area contributed by atoms with Gasteiger partial charge in [0.05, 0.1) is 18.9 Å². The molecule has 24 heavy (non-hydrogen) atoms. The maximum Gasteiger partial charge on any atom is 0.229 e. The maximum atomic E-state index is 12.2. The molecule has 1 saturated carbocycles. The van der Waals surface area contributed by atoms with Gasteiger partial charge in [-0.3, -0.25) is 9.59 Å². The number of nitrogens with one attached hydrogen (secondary N) is 2. The van der Waals surface area contributed by atoms with Crippen molar-refractivity contribution in [3.63, 3.8) is 0 Å². The zero-order valence-electron chi connectivity index (χ0n) is 13.5. The van der Waals surface area contributed by atoms with Crippen molar-refractivity contribution in [2.24, 2.45) is 11.8 Å². The summed E-state index contributed by atoms with van der Waals surface area (Å²) in [5.74, 6) is 0.764. The summed E-state index contributed by atoms with van der Waals surface area (Å²) in [6, 6.07) is 9.13. The number of aromatic nitrogens is 1. The van der Waals surface area contributed by atoms with Crippen LogP contribution in [0.5, 0.6) is 5.75 Å². The number of nitrogens with zero attached hydrogens (tertiary/aromatic N) is 1. The van der Waals surface area contributed by atoms with Crippen molar-refractivity contribution in [1.29, 1.82) is 0 Å². The van der Waals surface area contributed by atoms with Crippen LogP contribution in [0.15, 0.2) is 34.9 Å². The van der Waals surface area contributed by atoms with Crippen LogP contribution in [0.3, 0.4) is 0 Å². The summed E-state index contributed by atoms with van der Waals surface area (Å²) in [4.78, 5) is 24.3. The Morgan fingerprint density at radius 3 is 2.75 bits per heavy atom. The molecule has 1 fully saturated rings. The number of ether oxygens (including phenoxy) is 1. The molecular formula is C17H19N3O4. The monoisotopic (exact) mass is 329 g/mol. The number of rotatable bonds is 6. The Balaban J connectivity index is 1.49. The Morgan fingerprint density at radius 1 is 1.29 bits per heavy atom. The number of carbonyl (C=O) groups excluding carboxylic acids is 2. The summed E-state index contributed by atoms with van der Waals surface area (Å²) in [5, 5.41) is 9.22. The Hall–Kier alpha value is -2.83. The maximum absolute atomic E-state index is 12.2. The lowest BCUT2D eigenvalue weighted by Crippen LogP contribution is -2.27. The number of para-hydroxylation sites is 1. The quantitative estimate of drug-likeness (QED) is 0.844. The number of benzene rings is 1. The lowest BCUT2D eigenvalue weighted by molar-refractivity contribution is -0.125. The first kappa shape index (κ1) is 16.0. The van der Waals surface area contributed by atoms with E-state index in [1.54, 1.807) is 20.1 Å². The van der Waals surface area contributed by atoms with E-state index >= 15 is 0 Å². The molecule has 1 aromatic heterocycles. The molecular weight excluding hydrogens is 310 g/mol. The largest absolute Gasteiger partial charge is 0.496 e. The van der Waals surface area contributed by atoms with Gasteiger partial charge in [-0.15, -0.1) is 0 Å². The van der Waals surface area contributed by atoms with Crippen molar-refractivity contribution in [3.8, 4) is 5.75 Å². The molecule has 7 heteroatoms. The fourth-order valence-electron chi connectivity index (χ4n) is 2.58. The Labute approximate surface area is 139 Å². The summed E-state index contributed by atoms with van der Waals surface area (Å²) in [6.07, 6.45) is 0.542. The molecule has 1 heterocycles. The van der Waals surface area contributed by atoms with Gasteiger partial charge in [0.1, 0.15) is 11.5 Å². The first-order valence-corrected chi connectivity index (χ1v) is 7.72. The molecule has 0 bridgehead atoms. The van der Waals surface area contributed by atoms with Crippen LogP contribution < -0.4 is 15.4 Å². The smallest absolute Gasteiger partial charge is 0.229 e. The van der Waals surface area contributed by atoms with E-state index in [1.807, 2.05) is 24.3 Å². The lowest BCUT2D eigenvalue weighted by atomic mass is 10.2. The minimum Gasteiger partial charge on any atom is -0.496 e.